The van der Waals surface area contributed by atoms with Gasteiger partial charge in [0.15, 0.2) is 0 Å². The van der Waals surface area contributed by atoms with Crippen molar-refractivity contribution >= 4 is 6.01 Å². The monoisotopic (exact) mass is 249 g/mol. The number of aliphatic imine (C=N–C) groups is 2. The van der Waals surface area contributed by atoms with Crippen LogP contribution in [0.25, 0.3) is 0 Å². The van der Waals surface area contributed by atoms with Gasteiger partial charge in [0.25, 0.3) is 0 Å². The molecule has 0 amide bonds. The van der Waals surface area contributed by atoms with Crippen LogP contribution in [-0.4, -0.2) is 43.1 Å². The van der Waals surface area contributed by atoms with Gasteiger partial charge in [0.2, 0.25) is 0 Å². The predicted octanol–water partition coefficient (Wildman–Crippen LogP) is 3.37. The Morgan fingerprint density at radius 1 is 0.944 bits per heavy atom. The van der Waals surface area contributed by atoms with Crippen LogP contribution in [0.4, 0.5) is 0 Å². The van der Waals surface area contributed by atoms with Crippen LogP contribution in [0.5, 0.6) is 0 Å². The molecule has 0 N–H and O–H groups in total. The first-order valence-electron chi connectivity index (χ1n) is 7.79. The van der Waals surface area contributed by atoms with Crippen molar-refractivity contribution in [1.82, 2.24) is 4.90 Å². The van der Waals surface area contributed by atoms with E-state index in [2.05, 4.69) is 20.9 Å². The summed E-state index contributed by atoms with van der Waals surface area (Å²) in [5.74, 6) is 0. The van der Waals surface area contributed by atoms with Crippen LogP contribution in [0.2, 0.25) is 0 Å². The van der Waals surface area contributed by atoms with Gasteiger partial charge in [-0.2, -0.15) is 0 Å². The van der Waals surface area contributed by atoms with Crippen molar-refractivity contribution in [3.63, 3.8) is 0 Å². The van der Waals surface area contributed by atoms with Crippen molar-refractivity contribution in [2.24, 2.45) is 9.98 Å². The van der Waals surface area contributed by atoms with Gasteiger partial charge < -0.3 is 4.90 Å². The van der Waals surface area contributed by atoms with E-state index in [1.807, 2.05) is 0 Å². The van der Waals surface area contributed by atoms with Crippen molar-refractivity contribution in [2.45, 2.75) is 63.8 Å². The average Bonchev–Trinajstić information content (AvgIpc) is 2.45. The molecule has 0 radical (unpaired) electrons. The summed E-state index contributed by atoms with van der Waals surface area (Å²) in [6, 6.07) is 3.44. The van der Waals surface area contributed by atoms with E-state index in [4.69, 9.17) is 0 Å². The Hall–Kier alpha value is -0.660. The van der Waals surface area contributed by atoms with Crippen LogP contribution in [0.1, 0.15) is 57.8 Å². The van der Waals surface area contributed by atoms with Crippen LogP contribution < -0.4 is 0 Å². The second-order valence-electron chi connectivity index (χ2n) is 5.66. The molecular formula is C15H27N3. The molecule has 1 aliphatic carbocycles. The zero-order chi connectivity index (χ0) is 12.5. The number of rotatable bonds is 5. The van der Waals surface area contributed by atoms with Crippen LogP contribution in [-0.2, 0) is 0 Å². The first-order chi connectivity index (χ1) is 8.95. The van der Waals surface area contributed by atoms with Gasteiger partial charge >= 0.3 is 0 Å². The first kappa shape index (κ1) is 13.8. The van der Waals surface area contributed by atoms with Gasteiger partial charge in [0.05, 0.1) is 18.6 Å². The molecule has 3 heteroatoms. The lowest BCUT2D eigenvalue weighted by molar-refractivity contribution is 0.228. The lowest BCUT2D eigenvalue weighted by Gasteiger charge is -2.25. The Balaban J connectivity index is 1.54. The minimum Gasteiger partial charge on any atom is -0.303 e. The van der Waals surface area contributed by atoms with Gasteiger partial charge in [0, 0.05) is 0 Å². The molecule has 0 bridgehead atoms. The second-order valence-corrected chi connectivity index (χ2v) is 5.66. The summed E-state index contributed by atoms with van der Waals surface area (Å²) in [4.78, 5) is 11.3. The molecule has 1 aliphatic heterocycles. The summed E-state index contributed by atoms with van der Waals surface area (Å²) in [6.07, 6.45) is 11.9. The van der Waals surface area contributed by atoms with Crippen LogP contribution in [0.3, 0.4) is 0 Å². The Morgan fingerprint density at radius 3 is 2.44 bits per heavy atom. The van der Waals surface area contributed by atoms with Crippen molar-refractivity contribution in [3.8, 4) is 0 Å². The molecular weight excluding hydrogens is 222 g/mol. The van der Waals surface area contributed by atoms with Gasteiger partial charge in [-0.1, -0.05) is 25.7 Å². The second kappa shape index (κ2) is 8.44. The molecule has 2 fully saturated rings. The molecule has 0 atom stereocenters. The molecule has 1 saturated heterocycles. The van der Waals surface area contributed by atoms with E-state index in [-0.39, 0.29) is 0 Å². The molecule has 0 aromatic rings. The zero-order valence-corrected chi connectivity index (χ0v) is 11.6. The third-order valence-corrected chi connectivity index (χ3v) is 4.08. The summed E-state index contributed by atoms with van der Waals surface area (Å²) < 4.78 is 0. The molecule has 0 spiro atoms. The lowest BCUT2D eigenvalue weighted by Crippen LogP contribution is -2.30. The first-order valence-corrected chi connectivity index (χ1v) is 7.79. The molecule has 102 valence electrons. The van der Waals surface area contributed by atoms with Gasteiger partial charge in [-0.15, -0.1) is 0 Å². The van der Waals surface area contributed by atoms with Crippen molar-refractivity contribution in [1.29, 1.82) is 0 Å². The Labute approximate surface area is 111 Å². The minimum atomic E-state index is 0.518. The number of piperidine rings is 1. The molecule has 0 unspecified atom stereocenters. The maximum atomic E-state index is 4.44. The maximum absolute atomic E-state index is 4.44. The SMILES string of the molecule is C(=NCCCN1CCCCC1)=NC1CCCCC1. The minimum absolute atomic E-state index is 0.518. The Morgan fingerprint density at radius 2 is 1.67 bits per heavy atom. The number of hydrogen-bond acceptors (Lipinski definition) is 3. The average molecular weight is 249 g/mol. The molecule has 3 nitrogen and oxygen atoms in total. The maximum Gasteiger partial charge on any atom is 0.0895 e. The fraction of sp³-hybridized carbons (Fsp3) is 0.933. The quantitative estimate of drug-likeness (QED) is 0.542. The van der Waals surface area contributed by atoms with Gasteiger partial charge in [-0.3, -0.25) is 0 Å². The van der Waals surface area contributed by atoms with Gasteiger partial charge in [-0.05, 0) is 51.7 Å². The normalized spacial score (nSPS) is 22.4. The van der Waals surface area contributed by atoms with E-state index in [1.54, 1.807) is 0 Å². The summed E-state index contributed by atoms with van der Waals surface area (Å²) in [5.41, 5.74) is 0. The topological polar surface area (TPSA) is 28.0 Å². The van der Waals surface area contributed by atoms with Gasteiger partial charge in [-0.25, -0.2) is 9.98 Å². The van der Waals surface area contributed by atoms with E-state index in [9.17, 15) is 0 Å². The van der Waals surface area contributed by atoms with Crippen LogP contribution in [0.15, 0.2) is 9.98 Å². The summed E-state index contributed by atoms with van der Waals surface area (Å²) in [6.45, 7) is 4.68. The molecule has 1 heterocycles. The molecule has 0 aromatic carbocycles. The van der Waals surface area contributed by atoms with Crippen molar-refractivity contribution in [2.75, 3.05) is 26.2 Å². The third-order valence-electron chi connectivity index (χ3n) is 4.08. The van der Waals surface area contributed by atoms with E-state index < -0.39 is 0 Å². The van der Waals surface area contributed by atoms with E-state index in [0.717, 1.165) is 13.0 Å². The molecule has 2 aliphatic rings. The number of likely N-dealkylation sites (tertiary alicyclic amines) is 1. The Kier molecular flexibility index (Phi) is 6.46. The molecule has 0 aromatic heterocycles. The molecule has 2 rings (SSSR count). The summed E-state index contributed by atoms with van der Waals surface area (Å²) in [5, 5.41) is 0. The lowest BCUT2D eigenvalue weighted by atomic mass is 9.96. The standard InChI is InChI=1S/C15H27N3/c1-3-8-15(9-4-1)17-14-16-10-7-13-18-11-5-2-6-12-18/h15H,1-13H2. The summed E-state index contributed by atoms with van der Waals surface area (Å²) in [7, 11) is 0. The van der Waals surface area contributed by atoms with Gasteiger partial charge in [0.1, 0.15) is 0 Å². The fourth-order valence-corrected chi connectivity index (χ4v) is 2.94. The van der Waals surface area contributed by atoms with Crippen LogP contribution in [0, 0.1) is 0 Å². The van der Waals surface area contributed by atoms with Crippen LogP contribution >= 0.6 is 0 Å². The highest BCUT2D eigenvalue weighted by molar-refractivity contribution is 5.41. The Bertz CT molecular complexity index is 269. The molecule has 1 saturated carbocycles. The fourth-order valence-electron chi connectivity index (χ4n) is 2.94. The zero-order valence-electron chi connectivity index (χ0n) is 11.6. The highest BCUT2D eigenvalue weighted by atomic mass is 15.1. The summed E-state index contributed by atoms with van der Waals surface area (Å²) >= 11 is 0. The highest BCUT2D eigenvalue weighted by Crippen LogP contribution is 2.19. The largest absolute Gasteiger partial charge is 0.303 e. The van der Waals surface area contributed by atoms with Crippen molar-refractivity contribution < 1.29 is 0 Å². The van der Waals surface area contributed by atoms with E-state index in [1.165, 1.54) is 71.0 Å². The number of nitrogens with zero attached hydrogens (tertiary/aromatic N) is 3. The van der Waals surface area contributed by atoms with Crippen molar-refractivity contribution in [3.05, 3.63) is 0 Å². The highest BCUT2D eigenvalue weighted by Gasteiger charge is 2.10. The third kappa shape index (κ3) is 5.32. The smallest absolute Gasteiger partial charge is 0.0895 e. The van der Waals surface area contributed by atoms with E-state index in [0.29, 0.717) is 6.04 Å². The van der Waals surface area contributed by atoms with E-state index >= 15 is 0 Å². The molecule has 18 heavy (non-hydrogen) atoms. The number of hydrogen-bond donors (Lipinski definition) is 0. The predicted molar refractivity (Wildman–Crippen MR) is 76.5 cm³/mol.